The lowest BCUT2D eigenvalue weighted by molar-refractivity contribution is 0.0859. The molecule has 0 aliphatic carbocycles. The number of nitrogens with two attached hydrogens (primary N) is 1. The van der Waals surface area contributed by atoms with E-state index in [1.807, 2.05) is 24.3 Å². The Morgan fingerprint density at radius 2 is 2.23 bits per heavy atom. The van der Waals surface area contributed by atoms with Gasteiger partial charge in [0.1, 0.15) is 11.5 Å². The lowest BCUT2D eigenvalue weighted by Crippen LogP contribution is -2.28. The molecule has 1 unspecified atom stereocenters. The number of rotatable bonds is 1. The minimum atomic E-state index is -0.210. The monoisotopic (exact) mass is 295 g/mol. The van der Waals surface area contributed by atoms with Crippen LogP contribution in [0.1, 0.15) is 34.0 Å². The molecule has 0 bridgehead atoms. The third-order valence-corrected chi connectivity index (χ3v) is 4.35. The van der Waals surface area contributed by atoms with Crippen molar-refractivity contribution in [2.24, 2.45) is 4.99 Å². The molecule has 0 spiro atoms. The van der Waals surface area contributed by atoms with Crippen molar-refractivity contribution in [1.82, 2.24) is 9.78 Å². The number of hydrogen-bond acceptors (Lipinski definition) is 5. The van der Waals surface area contributed by atoms with Gasteiger partial charge < -0.3 is 11.1 Å². The first kappa shape index (κ1) is 13.1. The van der Waals surface area contributed by atoms with Gasteiger partial charge in [-0.05, 0) is 24.5 Å². The quantitative estimate of drug-likeness (QED) is 0.838. The van der Waals surface area contributed by atoms with Crippen LogP contribution in [0.4, 0.5) is 11.5 Å². The molecule has 22 heavy (non-hydrogen) atoms. The number of anilines is 2. The number of aliphatic imine (C=N–C) groups is 1. The summed E-state index contributed by atoms with van der Waals surface area (Å²) in [5.74, 6) is 0.189. The van der Waals surface area contributed by atoms with Crippen LogP contribution in [-0.2, 0) is 6.42 Å². The Bertz CT molecular complexity index is 777. The van der Waals surface area contributed by atoms with Crippen LogP contribution in [0.15, 0.2) is 29.3 Å². The molecule has 0 fully saturated rings. The Kier molecular flexibility index (Phi) is 2.96. The summed E-state index contributed by atoms with van der Waals surface area (Å²) in [4.78, 5) is 17.2. The summed E-state index contributed by atoms with van der Waals surface area (Å²) in [6.45, 7) is 1.48. The first-order chi connectivity index (χ1) is 10.8. The van der Waals surface area contributed by atoms with Crippen molar-refractivity contribution in [2.75, 3.05) is 24.1 Å². The summed E-state index contributed by atoms with van der Waals surface area (Å²) >= 11 is 0. The lowest BCUT2D eigenvalue weighted by Gasteiger charge is -2.25. The Morgan fingerprint density at radius 3 is 3.09 bits per heavy atom. The first-order valence-corrected chi connectivity index (χ1v) is 7.50. The standard InChI is InChI=1S/C16H17N5O/c17-15-12-5-7-18-9-14(12)20-21(15)16(22)11-6-8-19-13-4-2-1-3-10(11)13/h1-4,9,11,19H,5-8,17H2. The molecule has 3 N–H and O–H groups in total. The summed E-state index contributed by atoms with van der Waals surface area (Å²) in [7, 11) is 0. The minimum Gasteiger partial charge on any atom is -0.385 e. The van der Waals surface area contributed by atoms with E-state index in [9.17, 15) is 4.79 Å². The molecular weight excluding hydrogens is 278 g/mol. The summed E-state index contributed by atoms with van der Waals surface area (Å²) in [5.41, 5.74) is 9.84. The van der Waals surface area contributed by atoms with E-state index in [2.05, 4.69) is 15.4 Å². The van der Waals surface area contributed by atoms with E-state index in [-0.39, 0.29) is 11.8 Å². The average molecular weight is 295 g/mol. The molecule has 1 atom stereocenters. The Morgan fingerprint density at radius 1 is 1.36 bits per heavy atom. The molecule has 3 heterocycles. The predicted molar refractivity (Wildman–Crippen MR) is 85.7 cm³/mol. The van der Waals surface area contributed by atoms with Crippen LogP contribution in [0, 0.1) is 0 Å². The van der Waals surface area contributed by atoms with Crippen molar-refractivity contribution < 1.29 is 4.79 Å². The molecular formula is C16H17N5O. The molecule has 1 aromatic carbocycles. The molecule has 2 aliphatic heterocycles. The third-order valence-electron chi connectivity index (χ3n) is 4.35. The SMILES string of the molecule is Nc1c2c(nn1C(=O)C1CCNc3ccccc31)C=NCC2. The second-order valence-corrected chi connectivity index (χ2v) is 5.64. The zero-order valence-corrected chi connectivity index (χ0v) is 12.1. The van der Waals surface area contributed by atoms with Crippen LogP contribution < -0.4 is 11.1 Å². The maximum Gasteiger partial charge on any atom is 0.256 e. The molecule has 6 nitrogen and oxygen atoms in total. The minimum absolute atomic E-state index is 0.0609. The number of fused-ring (bicyclic) bond motifs is 2. The number of aromatic nitrogens is 2. The number of nitrogen functional groups attached to an aromatic ring is 1. The van der Waals surface area contributed by atoms with E-state index < -0.39 is 0 Å². The van der Waals surface area contributed by atoms with Crippen LogP contribution >= 0.6 is 0 Å². The summed E-state index contributed by atoms with van der Waals surface area (Å²) in [5, 5.41) is 7.70. The highest BCUT2D eigenvalue weighted by Crippen LogP contribution is 2.33. The van der Waals surface area contributed by atoms with Gasteiger partial charge in [0.25, 0.3) is 5.91 Å². The predicted octanol–water partition coefficient (Wildman–Crippen LogP) is 1.68. The maximum atomic E-state index is 12.9. The molecule has 112 valence electrons. The van der Waals surface area contributed by atoms with Gasteiger partial charge in [-0.25, -0.2) is 0 Å². The fraction of sp³-hybridized carbons (Fsp3) is 0.312. The maximum absolute atomic E-state index is 12.9. The van der Waals surface area contributed by atoms with Gasteiger partial charge in [-0.15, -0.1) is 0 Å². The van der Waals surface area contributed by atoms with E-state index in [1.54, 1.807) is 6.21 Å². The van der Waals surface area contributed by atoms with Crippen LogP contribution in [0.2, 0.25) is 0 Å². The third kappa shape index (κ3) is 1.91. The Hall–Kier alpha value is -2.63. The summed E-state index contributed by atoms with van der Waals surface area (Å²) in [6, 6.07) is 7.91. The number of nitrogens with one attached hydrogen (secondary N) is 1. The van der Waals surface area contributed by atoms with E-state index in [0.29, 0.717) is 12.4 Å². The van der Waals surface area contributed by atoms with Gasteiger partial charge in [-0.2, -0.15) is 9.78 Å². The Balaban J connectivity index is 1.75. The second kappa shape index (κ2) is 4.98. The smallest absolute Gasteiger partial charge is 0.256 e. The van der Waals surface area contributed by atoms with E-state index >= 15 is 0 Å². The van der Waals surface area contributed by atoms with Crippen molar-refractivity contribution in [2.45, 2.75) is 18.8 Å². The number of nitrogens with zero attached hydrogens (tertiary/aromatic N) is 3. The lowest BCUT2D eigenvalue weighted by atomic mass is 9.90. The van der Waals surface area contributed by atoms with Crippen molar-refractivity contribution >= 4 is 23.6 Å². The molecule has 0 saturated heterocycles. The molecule has 0 amide bonds. The highest BCUT2D eigenvalue weighted by Gasteiger charge is 2.30. The molecule has 4 rings (SSSR count). The van der Waals surface area contributed by atoms with Crippen molar-refractivity contribution in [3.63, 3.8) is 0 Å². The van der Waals surface area contributed by atoms with Gasteiger partial charge >= 0.3 is 0 Å². The summed E-state index contributed by atoms with van der Waals surface area (Å²) < 4.78 is 1.37. The first-order valence-electron chi connectivity index (χ1n) is 7.50. The fourth-order valence-corrected chi connectivity index (χ4v) is 3.21. The number of carbonyl (C=O) groups excluding carboxylic acids is 1. The highest BCUT2D eigenvalue weighted by molar-refractivity contribution is 5.92. The van der Waals surface area contributed by atoms with Gasteiger partial charge in [0.05, 0.1) is 5.92 Å². The molecule has 0 saturated carbocycles. The molecule has 6 heteroatoms. The zero-order valence-electron chi connectivity index (χ0n) is 12.1. The number of benzene rings is 1. The van der Waals surface area contributed by atoms with Crippen LogP contribution in [-0.4, -0.2) is 35.0 Å². The Labute approximate surface area is 128 Å². The molecule has 1 aromatic heterocycles. The molecule has 2 aromatic rings. The van der Waals surface area contributed by atoms with E-state index in [0.717, 1.165) is 41.9 Å². The number of hydrogen-bond donors (Lipinski definition) is 2. The average Bonchev–Trinajstić information content (AvgIpc) is 2.91. The fourth-order valence-electron chi connectivity index (χ4n) is 3.21. The van der Waals surface area contributed by atoms with Gasteiger partial charge in [0.15, 0.2) is 0 Å². The second-order valence-electron chi connectivity index (χ2n) is 5.64. The van der Waals surface area contributed by atoms with Gasteiger partial charge in [-0.3, -0.25) is 9.79 Å². The summed E-state index contributed by atoms with van der Waals surface area (Å²) in [6.07, 6.45) is 3.19. The zero-order chi connectivity index (χ0) is 15.1. The van der Waals surface area contributed by atoms with Crippen molar-refractivity contribution in [1.29, 1.82) is 0 Å². The highest BCUT2D eigenvalue weighted by atomic mass is 16.2. The van der Waals surface area contributed by atoms with Crippen molar-refractivity contribution in [3.05, 3.63) is 41.1 Å². The molecule has 0 radical (unpaired) electrons. The normalized spacial score (nSPS) is 19.2. The van der Waals surface area contributed by atoms with Crippen LogP contribution in [0.5, 0.6) is 0 Å². The van der Waals surface area contributed by atoms with E-state index in [1.165, 1.54) is 4.68 Å². The van der Waals surface area contributed by atoms with Crippen LogP contribution in [0.3, 0.4) is 0 Å². The van der Waals surface area contributed by atoms with Gasteiger partial charge in [0.2, 0.25) is 0 Å². The van der Waals surface area contributed by atoms with Gasteiger partial charge in [0, 0.05) is 30.6 Å². The largest absolute Gasteiger partial charge is 0.385 e. The van der Waals surface area contributed by atoms with E-state index in [4.69, 9.17) is 5.73 Å². The van der Waals surface area contributed by atoms with Gasteiger partial charge in [-0.1, -0.05) is 18.2 Å². The van der Waals surface area contributed by atoms with Crippen molar-refractivity contribution in [3.8, 4) is 0 Å². The topological polar surface area (TPSA) is 85.3 Å². The molecule has 2 aliphatic rings. The van der Waals surface area contributed by atoms with Crippen LogP contribution in [0.25, 0.3) is 0 Å². The number of carbonyl (C=O) groups is 1. The number of para-hydroxylation sites is 1.